The molecular weight excluding hydrogens is 262 g/mol. The monoisotopic (exact) mass is 275 g/mol. The van der Waals surface area contributed by atoms with Gasteiger partial charge in [0.05, 0.1) is 46.2 Å². The maximum atomic E-state index is 12.6. The number of rotatable bonds is 2. The van der Waals surface area contributed by atoms with E-state index in [1.807, 2.05) is 30.3 Å². The highest BCUT2D eigenvalue weighted by Gasteiger charge is 2.24. The number of ether oxygens (including phenoxy) is 2. The average Bonchev–Trinajstić information content (AvgIpc) is 2.46. The Balaban J connectivity index is 2.17. The van der Waals surface area contributed by atoms with Gasteiger partial charge < -0.3 is 14.8 Å². The van der Waals surface area contributed by atoms with Gasteiger partial charge in [0.15, 0.2) is 0 Å². The van der Waals surface area contributed by atoms with Gasteiger partial charge in [-0.05, 0) is 30.3 Å². The van der Waals surface area contributed by atoms with Gasteiger partial charge in [0, 0.05) is 0 Å². The first kappa shape index (κ1) is 12.0. The molecule has 1 atom stereocenters. The van der Waals surface area contributed by atoms with Crippen molar-refractivity contribution in [3.05, 3.63) is 36.4 Å². The molecule has 0 bridgehead atoms. The third kappa shape index (κ3) is 1.86. The summed E-state index contributed by atoms with van der Waals surface area (Å²) in [6, 6.07) is 11.0. The number of anilines is 2. The molecule has 5 heteroatoms. The lowest BCUT2D eigenvalue weighted by Crippen LogP contribution is -2.09. The van der Waals surface area contributed by atoms with Gasteiger partial charge in [-0.1, -0.05) is 6.07 Å². The predicted octanol–water partition coefficient (Wildman–Crippen LogP) is 2.93. The molecule has 3 rings (SSSR count). The minimum absolute atomic E-state index is 0.687. The number of nitrogens with one attached hydrogen (secondary N) is 1. The second kappa shape index (κ2) is 4.59. The van der Waals surface area contributed by atoms with Gasteiger partial charge in [0.2, 0.25) is 0 Å². The molecule has 1 aliphatic rings. The zero-order valence-corrected chi connectivity index (χ0v) is 11.4. The molecule has 0 saturated heterocycles. The summed E-state index contributed by atoms with van der Waals surface area (Å²) in [6.45, 7) is 0. The van der Waals surface area contributed by atoms with Crippen LogP contribution < -0.4 is 14.8 Å². The van der Waals surface area contributed by atoms with E-state index >= 15 is 0 Å². The minimum Gasteiger partial charge on any atom is -0.497 e. The Hall–Kier alpha value is -2.01. The summed E-state index contributed by atoms with van der Waals surface area (Å²) >= 11 is 0. The maximum Gasteiger partial charge on any atom is 0.143 e. The summed E-state index contributed by atoms with van der Waals surface area (Å²) in [6.07, 6.45) is 0. The molecular formula is C14H13NO3S. The Morgan fingerprint density at radius 1 is 1.05 bits per heavy atom. The minimum atomic E-state index is -1.24. The predicted molar refractivity (Wildman–Crippen MR) is 73.9 cm³/mol. The van der Waals surface area contributed by atoms with E-state index in [0.29, 0.717) is 11.5 Å². The molecule has 4 nitrogen and oxygen atoms in total. The molecule has 1 N–H and O–H groups in total. The normalized spacial score (nSPS) is 16.0. The quantitative estimate of drug-likeness (QED) is 0.781. The zero-order chi connectivity index (χ0) is 13.4. The van der Waals surface area contributed by atoms with E-state index < -0.39 is 10.8 Å². The molecule has 0 radical (unpaired) electrons. The Labute approximate surface area is 113 Å². The summed E-state index contributed by atoms with van der Waals surface area (Å²) in [5.41, 5.74) is 1.58. The Bertz CT molecular complexity index is 666. The van der Waals surface area contributed by atoms with Gasteiger partial charge in [-0.2, -0.15) is 0 Å². The van der Waals surface area contributed by atoms with Crippen LogP contribution in [0.3, 0.4) is 0 Å². The van der Waals surface area contributed by atoms with Crippen molar-refractivity contribution in [2.75, 3.05) is 19.5 Å². The van der Waals surface area contributed by atoms with Crippen molar-refractivity contribution in [3.63, 3.8) is 0 Å². The van der Waals surface area contributed by atoms with Crippen LogP contribution in [-0.4, -0.2) is 18.4 Å². The molecule has 2 aromatic carbocycles. The van der Waals surface area contributed by atoms with Crippen LogP contribution in [0.25, 0.3) is 0 Å². The summed E-state index contributed by atoms with van der Waals surface area (Å²) in [5.74, 6) is 1.38. The van der Waals surface area contributed by atoms with Crippen molar-refractivity contribution in [1.82, 2.24) is 0 Å². The summed E-state index contributed by atoms with van der Waals surface area (Å²) in [5, 5.41) is 3.27. The average molecular weight is 275 g/mol. The fourth-order valence-corrected chi connectivity index (χ4v) is 3.42. The molecule has 1 heterocycles. The molecule has 0 spiro atoms. The fourth-order valence-electron chi connectivity index (χ4n) is 2.10. The Morgan fingerprint density at radius 2 is 1.89 bits per heavy atom. The number of benzene rings is 2. The first-order valence-corrected chi connectivity index (χ1v) is 6.93. The van der Waals surface area contributed by atoms with E-state index in [9.17, 15) is 4.21 Å². The molecule has 19 heavy (non-hydrogen) atoms. The summed E-state index contributed by atoms with van der Waals surface area (Å²) in [7, 11) is 1.96. The number of fused-ring (bicyclic) bond motifs is 2. The van der Waals surface area contributed by atoms with Crippen LogP contribution in [0.1, 0.15) is 0 Å². The van der Waals surface area contributed by atoms with Crippen molar-refractivity contribution in [1.29, 1.82) is 0 Å². The lowest BCUT2D eigenvalue weighted by atomic mass is 10.2. The highest BCUT2D eigenvalue weighted by molar-refractivity contribution is 7.85. The second-order valence-corrected chi connectivity index (χ2v) is 5.51. The van der Waals surface area contributed by atoms with Crippen LogP contribution in [0.15, 0.2) is 46.2 Å². The van der Waals surface area contributed by atoms with Crippen molar-refractivity contribution in [3.8, 4) is 11.5 Å². The van der Waals surface area contributed by atoms with Crippen LogP contribution in [0.4, 0.5) is 11.4 Å². The highest BCUT2D eigenvalue weighted by atomic mass is 32.2. The van der Waals surface area contributed by atoms with E-state index in [1.165, 1.54) is 0 Å². The van der Waals surface area contributed by atoms with Gasteiger partial charge in [-0.3, -0.25) is 0 Å². The van der Waals surface area contributed by atoms with Gasteiger partial charge >= 0.3 is 0 Å². The fraction of sp³-hybridized carbons (Fsp3) is 0.143. The molecule has 0 saturated carbocycles. The van der Waals surface area contributed by atoms with E-state index in [4.69, 9.17) is 9.47 Å². The van der Waals surface area contributed by atoms with Gasteiger partial charge in [-0.15, -0.1) is 0 Å². The van der Waals surface area contributed by atoms with Crippen molar-refractivity contribution in [2.24, 2.45) is 0 Å². The molecule has 1 unspecified atom stereocenters. The Kier molecular flexibility index (Phi) is 2.91. The highest BCUT2D eigenvalue weighted by Crippen LogP contribution is 2.42. The smallest absolute Gasteiger partial charge is 0.143 e. The van der Waals surface area contributed by atoms with Crippen LogP contribution in [-0.2, 0) is 10.8 Å². The van der Waals surface area contributed by atoms with Gasteiger partial charge in [0.25, 0.3) is 0 Å². The van der Waals surface area contributed by atoms with Crippen molar-refractivity contribution >= 4 is 22.2 Å². The maximum absolute atomic E-state index is 12.6. The van der Waals surface area contributed by atoms with Crippen LogP contribution in [0.2, 0.25) is 0 Å². The van der Waals surface area contributed by atoms with E-state index in [2.05, 4.69) is 5.32 Å². The Morgan fingerprint density at radius 3 is 2.63 bits per heavy atom. The number of para-hydroxylation sites is 1. The molecule has 0 fully saturated rings. The lowest BCUT2D eigenvalue weighted by Gasteiger charge is -2.22. The molecule has 0 aromatic heterocycles. The third-order valence-electron chi connectivity index (χ3n) is 3.06. The van der Waals surface area contributed by atoms with Crippen molar-refractivity contribution in [2.45, 2.75) is 9.79 Å². The number of methoxy groups -OCH3 is 2. The third-order valence-corrected chi connectivity index (χ3v) is 4.53. The topological polar surface area (TPSA) is 47.6 Å². The first-order valence-electron chi connectivity index (χ1n) is 5.78. The van der Waals surface area contributed by atoms with Crippen LogP contribution >= 0.6 is 0 Å². The van der Waals surface area contributed by atoms with E-state index in [0.717, 1.165) is 21.2 Å². The van der Waals surface area contributed by atoms with E-state index in [-0.39, 0.29) is 0 Å². The van der Waals surface area contributed by atoms with Gasteiger partial charge in [-0.25, -0.2) is 4.21 Å². The first-order chi connectivity index (χ1) is 9.24. The summed E-state index contributed by atoms with van der Waals surface area (Å²) in [4.78, 5) is 1.44. The molecule has 2 aromatic rings. The van der Waals surface area contributed by atoms with Crippen LogP contribution in [0, 0.1) is 0 Å². The second-order valence-electron chi connectivity index (χ2n) is 4.09. The molecule has 0 amide bonds. The standard InChI is InChI=1S/C14H13NO3S/c1-17-9-6-7-10-13(8-9)19(16)12-5-3-4-11(18-2)14(12)15-10/h3-8,15H,1-2H3. The lowest BCUT2D eigenvalue weighted by molar-refractivity contribution is 0.413. The van der Waals surface area contributed by atoms with Gasteiger partial charge in [0.1, 0.15) is 11.5 Å². The van der Waals surface area contributed by atoms with Crippen LogP contribution in [0.5, 0.6) is 11.5 Å². The SMILES string of the molecule is COc1ccc2c(c1)S(=O)c1cccc(OC)c1N2. The van der Waals surface area contributed by atoms with E-state index in [1.54, 1.807) is 20.3 Å². The number of hydrogen-bond acceptors (Lipinski definition) is 4. The molecule has 98 valence electrons. The number of hydrogen-bond donors (Lipinski definition) is 1. The summed E-state index contributed by atoms with van der Waals surface area (Å²) < 4.78 is 23.1. The zero-order valence-electron chi connectivity index (χ0n) is 10.6. The largest absolute Gasteiger partial charge is 0.497 e. The van der Waals surface area contributed by atoms with Crippen molar-refractivity contribution < 1.29 is 13.7 Å². The molecule has 1 aliphatic heterocycles. The molecule has 0 aliphatic carbocycles.